The van der Waals surface area contributed by atoms with Gasteiger partial charge < -0.3 is 9.30 Å². The number of benzene rings is 1. The van der Waals surface area contributed by atoms with Crippen LogP contribution in [0.4, 0.5) is 0 Å². The molecule has 0 aliphatic heterocycles. The van der Waals surface area contributed by atoms with Gasteiger partial charge in [0.25, 0.3) is 0 Å². The predicted molar refractivity (Wildman–Crippen MR) is 110 cm³/mol. The zero-order chi connectivity index (χ0) is 19.4. The van der Waals surface area contributed by atoms with Gasteiger partial charge in [-0.3, -0.25) is 4.79 Å². The Morgan fingerprint density at radius 2 is 1.93 bits per heavy atom. The van der Waals surface area contributed by atoms with Crippen LogP contribution >= 0.6 is 0 Å². The molecule has 5 rings (SSSR count). The fourth-order valence-electron chi connectivity index (χ4n) is 5.27. The van der Waals surface area contributed by atoms with E-state index in [1.165, 1.54) is 31.2 Å². The number of imidazole rings is 1. The Kier molecular flexibility index (Phi) is 4.48. The van der Waals surface area contributed by atoms with Crippen LogP contribution < -0.4 is 0 Å². The van der Waals surface area contributed by atoms with Crippen molar-refractivity contribution in [3.8, 4) is 0 Å². The van der Waals surface area contributed by atoms with Crippen molar-refractivity contribution in [2.24, 2.45) is 23.7 Å². The van der Waals surface area contributed by atoms with Crippen LogP contribution in [-0.4, -0.2) is 21.6 Å². The fourth-order valence-corrected chi connectivity index (χ4v) is 5.27. The van der Waals surface area contributed by atoms with E-state index in [1.807, 2.05) is 6.07 Å². The largest absolute Gasteiger partial charge is 0.462 e. The highest BCUT2D eigenvalue weighted by Gasteiger charge is 2.50. The molecule has 1 aromatic carbocycles. The number of ether oxygens (including phenoxy) is 1. The third-order valence-corrected chi connectivity index (χ3v) is 7.19. The molecule has 0 N–H and O–H groups in total. The molecule has 3 saturated carbocycles. The number of nitrogens with zero attached hydrogens (tertiary/aromatic N) is 2. The SMILES string of the molecule is CC(C)[C@@H]1CC[C@@H](C)C[C@H]1OC(=O)C1C[C@@H]1c1nc2ccccc2n1C1CC1. The van der Waals surface area contributed by atoms with Gasteiger partial charge in [0.15, 0.2) is 0 Å². The van der Waals surface area contributed by atoms with E-state index in [-0.39, 0.29) is 23.9 Å². The van der Waals surface area contributed by atoms with Gasteiger partial charge in [0.1, 0.15) is 11.9 Å². The normalized spacial score (nSPS) is 32.6. The van der Waals surface area contributed by atoms with E-state index in [9.17, 15) is 4.79 Å². The lowest BCUT2D eigenvalue weighted by Crippen LogP contribution is -2.36. The van der Waals surface area contributed by atoms with Crippen molar-refractivity contribution in [1.29, 1.82) is 0 Å². The number of rotatable bonds is 5. The third-order valence-electron chi connectivity index (χ3n) is 7.19. The van der Waals surface area contributed by atoms with Crippen molar-refractivity contribution in [3.63, 3.8) is 0 Å². The minimum absolute atomic E-state index is 0.000595. The number of hydrogen-bond donors (Lipinski definition) is 0. The van der Waals surface area contributed by atoms with Crippen LogP contribution in [0.15, 0.2) is 24.3 Å². The van der Waals surface area contributed by atoms with Crippen molar-refractivity contribution >= 4 is 17.0 Å². The standard InChI is InChI=1S/C24H32N2O2/c1-14(2)17-11-8-15(3)12-22(17)28-24(27)19-13-18(19)23-25-20-6-4-5-7-21(20)26(23)16-9-10-16/h4-7,14-19,22H,8-13H2,1-3H3/t15-,17+,18+,19?,22-/m1/s1. The average molecular weight is 381 g/mol. The Bertz CT molecular complexity index is 882. The van der Waals surface area contributed by atoms with Crippen LogP contribution in [0.1, 0.15) is 77.1 Å². The first-order chi connectivity index (χ1) is 13.5. The maximum absolute atomic E-state index is 13.0. The van der Waals surface area contributed by atoms with Gasteiger partial charge in [-0.05, 0) is 62.0 Å². The molecule has 4 heteroatoms. The highest BCUT2D eigenvalue weighted by atomic mass is 16.5. The lowest BCUT2D eigenvalue weighted by atomic mass is 9.75. The maximum Gasteiger partial charge on any atom is 0.309 e. The van der Waals surface area contributed by atoms with Gasteiger partial charge in [0.05, 0.1) is 17.0 Å². The number of carbonyl (C=O) groups is 1. The quantitative estimate of drug-likeness (QED) is 0.645. The Hall–Kier alpha value is -1.84. The molecule has 3 aliphatic carbocycles. The van der Waals surface area contributed by atoms with E-state index in [0.29, 0.717) is 23.8 Å². The molecule has 150 valence electrons. The fraction of sp³-hybridized carbons (Fsp3) is 0.667. The maximum atomic E-state index is 13.0. The summed E-state index contributed by atoms with van der Waals surface area (Å²) >= 11 is 0. The summed E-state index contributed by atoms with van der Waals surface area (Å²) in [5.74, 6) is 3.10. The summed E-state index contributed by atoms with van der Waals surface area (Å²) in [5.41, 5.74) is 2.28. The molecule has 3 aliphatic rings. The van der Waals surface area contributed by atoms with E-state index in [1.54, 1.807) is 0 Å². The number of para-hydroxylation sites is 2. The van der Waals surface area contributed by atoms with Crippen LogP contribution in [0.2, 0.25) is 0 Å². The van der Waals surface area contributed by atoms with Gasteiger partial charge in [0.2, 0.25) is 0 Å². The zero-order valence-corrected chi connectivity index (χ0v) is 17.3. The third kappa shape index (κ3) is 3.25. The van der Waals surface area contributed by atoms with E-state index >= 15 is 0 Å². The molecule has 4 nitrogen and oxygen atoms in total. The Labute approximate surface area is 167 Å². The molecule has 2 aromatic rings. The first-order valence-corrected chi connectivity index (χ1v) is 11.2. The van der Waals surface area contributed by atoms with Gasteiger partial charge in [-0.25, -0.2) is 4.98 Å². The van der Waals surface area contributed by atoms with E-state index in [0.717, 1.165) is 24.2 Å². The van der Waals surface area contributed by atoms with Crippen LogP contribution in [0.5, 0.6) is 0 Å². The highest BCUT2D eigenvalue weighted by molar-refractivity contribution is 5.80. The molecule has 5 atom stereocenters. The molecule has 0 spiro atoms. The van der Waals surface area contributed by atoms with Crippen molar-refractivity contribution in [3.05, 3.63) is 30.1 Å². The number of hydrogen-bond acceptors (Lipinski definition) is 3. The number of esters is 1. The summed E-state index contributed by atoms with van der Waals surface area (Å²) in [4.78, 5) is 17.9. The van der Waals surface area contributed by atoms with Crippen LogP contribution in [0, 0.1) is 23.7 Å². The predicted octanol–water partition coefficient (Wildman–Crippen LogP) is 5.48. The summed E-state index contributed by atoms with van der Waals surface area (Å²) in [7, 11) is 0. The van der Waals surface area contributed by atoms with Crippen molar-refractivity contribution < 1.29 is 9.53 Å². The Morgan fingerprint density at radius 1 is 1.14 bits per heavy atom. The molecule has 0 amide bonds. The topological polar surface area (TPSA) is 44.1 Å². The van der Waals surface area contributed by atoms with Crippen LogP contribution in [0.3, 0.4) is 0 Å². The number of aromatic nitrogens is 2. The highest BCUT2D eigenvalue weighted by Crippen LogP contribution is 2.51. The molecule has 0 bridgehead atoms. The van der Waals surface area contributed by atoms with Gasteiger partial charge in [0, 0.05) is 12.0 Å². The minimum atomic E-state index is -0.000595. The summed E-state index contributed by atoms with van der Waals surface area (Å²) in [6.45, 7) is 6.81. The summed E-state index contributed by atoms with van der Waals surface area (Å²) in [5, 5.41) is 0. The van der Waals surface area contributed by atoms with Gasteiger partial charge >= 0.3 is 5.97 Å². The Balaban J connectivity index is 1.33. The van der Waals surface area contributed by atoms with E-state index in [2.05, 4.69) is 43.5 Å². The van der Waals surface area contributed by atoms with Crippen LogP contribution in [-0.2, 0) is 9.53 Å². The first kappa shape index (κ1) is 18.2. The molecular formula is C24H32N2O2. The van der Waals surface area contributed by atoms with Gasteiger partial charge in [-0.1, -0.05) is 39.3 Å². The van der Waals surface area contributed by atoms with Crippen molar-refractivity contribution in [2.45, 2.75) is 77.4 Å². The lowest BCUT2D eigenvalue weighted by molar-refractivity contribution is -0.157. The number of carbonyl (C=O) groups excluding carboxylic acids is 1. The van der Waals surface area contributed by atoms with E-state index < -0.39 is 0 Å². The van der Waals surface area contributed by atoms with Crippen molar-refractivity contribution in [2.75, 3.05) is 0 Å². The van der Waals surface area contributed by atoms with Gasteiger partial charge in [-0.15, -0.1) is 0 Å². The summed E-state index contributed by atoms with van der Waals surface area (Å²) < 4.78 is 8.54. The first-order valence-electron chi connectivity index (χ1n) is 11.2. The van der Waals surface area contributed by atoms with E-state index in [4.69, 9.17) is 9.72 Å². The smallest absolute Gasteiger partial charge is 0.309 e. The minimum Gasteiger partial charge on any atom is -0.462 e. The van der Waals surface area contributed by atoms with Crippen LogP contribution in [0.25, 0.3) is 11.0 Å². The Morgan fingerprint density at radius 3 is 2.68 bits per heavy atom. The second kappa shape index (κ2) is 6.89. The number of fused-ring (bicyclic) bond motifs is 1. The molecule has 3 fully saturated rings. The molecule has 0 saturated heterocycles. The molecule has 0 radical (unpaired) electrons. The molecule has 1 heterocycles. The lowest BCUT2D eigenvalue weighted by Gasteiger charge is -2.36. The molecule has 1 unspecified atom stereocenters. The zero-order valence-electron chi connectivity index (χ0n) is 17.3. The molecule has 1 aromatic heterocycles. The van der Waals surface area contributed by atoms with Gasteiger partial charge in [-0.2, -0.15) is 0 Å². The molecular weight excluding hydrogens is 348 g/mol. The molecule has 28 heavy (non-hydrogen) atoms. The second-order valence-electron chi connectivity index (χ2n) is 9.81. The van der Waals surface area contributed by atoms with Crippen molar-refractivity contribution in [1.82, 2.24) is 9.55 Å². The summed E-state index contributed by atoms with van der Waals surface area (Å²) in [6, 6.07) is 8.96. The average Bonchev–Trinajstić information content (AvgIpc) is 3.58. The summed E-state index contributed by atoms with van der Waals surface area (Å²) in [6.07, 6.45) is 6.91. The second-order valence-corrected chi connectivity index (χ2v) is 9.81. The monoisotopic (exact) mass is 380 g/mol.